The predicted molar refractivity (Wildman–Crippen MR) is 138 cm³/mol. The lowest BCUT2D eigenvalue weighted by molar-refractivity contribution is -0.137. The second-order valence-corrected chi connectivity index (χ2v) is 12.2. The molecule has 9 nitrogen and oxygen atoms in total. The fourth-order valence-electron chi connectivity index (χ4n) is 3.74. The van der Waals surface area contributed by atoms with Crippen molar-refractivity contribution in [1.29, 1.82) is 0 Å². The van der Waals surface area contributed by atoms with Gasteiger partial charge >= 0.3 is 6.18 Å². The van der Waals surface area contributed by atoms with Gasteiger partial charge in [-0.3, -0.25) is 9.63 Å². The number of rotatable bonds is 8. The number of anilines is 4. The van der Waals surface area contributed by atoms with E-state index in [1.54, 1.807) is 36.4 Å². The van der Waals surface area contributed by atoms with Crippen molar-refractivity contribution in [1.82, 2.24) is 15.4 Å². The number of ether oxygens (including phenoxy) is 1. The monoisotopic (exact) mass is 549 g/mol. The van der Waals surface area contributed by atoms with E-state index in [-0.39, 0.29) is 17.7 Å². The van der Waals surface area contributed by atoms with E-state index in [1.165, 1.54) is 25.5 Å². The van der Waals surface area contributed by atoms with Crippen LogP contribution in [0, 0.1) is 0 Å². The first-order valence-corrected chi connectivity index (χ1v) is 14.4. The molecule has 3 N–H and O–H groups in total. The summed E-state index contributed by atoms with van der Waals surface area (Å²) in [5, 5.41) is 5.93. The molecule has 0 unspecified atom stereocenters. The van der Waals surface area contributed by atoms with Crippen molar-refractivity contribution in [2.75, 3.05) is 37.2 Å². The third kappa shape index (κ3) is 7.09. The SMILES string of the molecule is CP(C)(=O)c1ccccc1Nc1nc(Nc2ccc(C(=O)NOC3CCOCC3)cc2)ncc1C(F)(F)F. The number of halogens is 3. The minimum absolute atomic E-state index is 0.103. The first-order chi connectivity index (χ1) is 18.0. The molecule has 1 aliphatic heterocycles. The zero-order chi connectivity index (χ0) is 27.3. The summed E-state index contributed by atoms with van der Waals surface area (Å²) in [6.45, 7) is 4.22. The van der Waals surface area contributed by atoms with Gasteiger partial charge in [0, 0.05) is 36.0 Å². The molecule has 13 heteroatoms. The molecule has 2 aromatic carbocycles. The van der Waals surface area contributed by atoms with Crippen LogP contribution in [0.5, 0.6) is 0 Å². The summed E-state index contributed by atoms with van der Waals surface area (Å²) in [5.41, 5.74) is 2.40. The van der Waals surface area contributed by atoms with Gasteiger partial charge in [0.1, 0.15) is 18.5 Å². The average Bonchev–Trinajstić information content (AvgIpc) is 2.87. The summed E-state index contributed by atoms with van der Waals surface area (Å²) in [4.78, 5) is 25.6. The van der Waals surface area contributed by atoms with Crippen molar-refractivity contribution >= 4 is 41.5 Å². The van der Waals surface area contributed by atoms with E-state index < -0.39 is 30.6 Å². The number of benzene rings is 2. The van der Waals surface area contributed by atoms with Gasteiger partial charge < -0.3 is 19.9 Å². The van der Waals surface area contributed by atoms with E-state index in [2.05, 4.69) is 26.1 Å². The van der Waals surface area contributed by atoms with Crippen LogP contribution in [0.1, 0.15) is 28.8 Å². The van der Waals surface area contributed by atoms with Crippen LogP contribution in [0.25, 0.3) is 0 Å². The van der Waals surface area contributed by atoms with Crippen LogP contribution in [-0.2, 0) is 20.3 Å². The Morgan fingerprint density at radius 1 is 1.05 bits per heavy atom. The van der Waals surface area contributed by atoms with E-state index in [9.17, 15) is 22.5 Å². The van der Waals surface area contributed by atoms with E-state index in [4.69, 9.17) is 9.57 Å². The third-order valence-corrected chi connectivity index (χ3v) is 7.27. The summed E-state index contributed by atoms with van der Waals surface area (Å²) in [6, 6.07) is 12.6. The predicted octanol–water partition coefficient (Wildman–Crippen LogP) is 5.07. The van der Waals surface area contributed by atoms with E-state index >= 15 is 0 Å². The summed E-state index contributed by atoms with van der Waals surface area (Å²) >= 11 is 0. The number of aromatic nitrogens is 2. The number of nitrogens with one attached hydrogen (secondary N) is 3. The number of amides is 1. The summed E-state index contributed by atoms with van der Waals surface area (Å²) < 4.78 is 59.0. The molecule has 38 heavy (non-hydrogen) atoms. The molecule has 1 amide bonds. The fraction of sp³-hybridized carbons (Fsp3) is 0.320. The van der Waals surface area contributed by atoms with Crippen LogP contribution in [-0.4, -0.2) is 48.5 Å². The van der Waals surface area contributed by atoms with Crippen molar-refractivity contribution in [2.45, 2.75) is 25.1 Å². The van der Waals surface area contributed by atoms with Crippen molar-refractivity contribution in [3.8, 4) is 0 Å². The van der Waals surface area contributed by atoms with Gasteiger partial charge in [0.15, 0.2) is 0 Å². The Morgan fingerprint density at radius 2 is 1.74 bits per heavy atom. The minimum Gasteiger partial charge on any atom is -0.381 e. The lowest BCUT2D eigenvalue weighted by Gasteiger charge is -2.21. The Balaban J connectivity index is 1.50. The number of para-hydroxylation sites is 1. The normalized spacial score (nSPS) is 14.7. The average molecular weight is 549 g/mol. The number of alkyl halides is 3. The highest BCUT2D eigenvalue weighted by Crippen LogP contribution is 2.40. The first-order valence-electron chi connectivity index (χ1n) is 11.8. The van der Waals surface area contributed by atoms with E-state index in [0.29, 0.717) is 48.8 Å². The maximum atomic E-state index is 13.7. The number of hydroxylamine groups is 1. The van der Waals surface area contributed by atoms with Gasteiger partial charge in [-0.25, -0.2) is 10.5 Å². The summed E-state index contributed by atoms with van der Waals surface area (Å²) in [5.74, 6) is -1.02. The molecule has 1 aromatic heterocycles. The van der Waals surface area contributed by atoms with Crippen LogP contribution < -0.4 is 21.4 Å². The van der Waals surface area contributed by atoms with Gasteiger partial charge in [-0.05, 0) is 62.6 Å². The summed E-state index contributed by atoms with van der Waals surface area (Å²) in [6.07, 6.45) is -2.78. The minimum atomic E-state index is -4.72. The third-order valence-electron chi connectivity index (χ3n) is 5.72. The summed E-state index contributed by atoms with van der Waals surface area (Å²) in [7, 11) is -2.79. The van der Waals surface area contributed by atoms with Crippen LogP contribution in [0.15, 0.2) is 54.7 Å². The van der Waals surface area contributed by atoms with Gasteiger partial charge in [0.05, 0.1) is 11.8 Å². The number of hydrogen-bond acceptors (Lipinski definition) is 8. The molecular weight excluding hydrogens is 522 g/mol. The highest BCUT2D eigenvalue weighted by Gasteiger charge is 2.35. The maximum absolute atomic E-state index is 13.7. The van der Waals surface area contributed by atoms with Crippen LogP contribution >= 0.6 is 7.14 Å². The topological polar surface area (TPSA) is 114 Å². The highest BCUT2D eigenvalue weighted by atomic mass is 31.2. The molecule has 202 valence electrons. The van der Waals surface area contributed by atoms with Gasteiger partial charge in [-0.1, -0.05) is 12.1 Å². The molecule has 0 aliphatic carbocycles. The van der Waals surface area contributed by atoms with Crippen LogP contribution in [0.4, 0.5) is 36.3 Å². The van der Waals surface area contributed by atoms with Gasteiger partial charge in [-0.15, -0.1) is 0 Å². The zero-order valence-electron chi connectivity index (χ0n) is 20.7. The van der Waals surface area contributed by atoms with Gasteiger partial charge in [-0.2, -0.15) is 18.2 Å². The molecule has 1 fully saturated rings. The molecule has 0 radical (unpaired) electrons. The molecular formula is C25H27F3N5O4P. The Morgan fingerprint density at radius 3 is 2.39 bits per heavy atom. The quantitative estimate of drug-likeness (QED) is 0.264. The number of hydrogen-bond donors (Lipinski definition) is 3. The number of carbonyl (C=O) groups excluding carboxylic acids is 1. The highest BCUT2D eigenvalue weighted by molar-refractivity contribution is 7.70. The standard InChI is InChI=1S/C25H27F3N5O4P/c1-38(2,35)21-6-4-3-5-20(21)31-22-19(25(26,27)28)15-29-24(32-22)30-17-9-7-16(8-10-17)23(34)33-37-18-11-13-36-14-12-18/h3-10,15,18H,11-14H2,1-2H3,(H,33,34)(H2,29,30,31,32). The maximum Gasteiger partial charge on any atom is 0.421 e. The fourth-order valence-corrected chi connectivity index (χ4v) is 4.90. The lowest BCUT2D eigenvalue weighted by Crippen LogP contribution is -2.33. The molecule has 1 saturated heterocycles. The van der Waals surface area contributed by atoms with Crippen molar-refractivity contribution in [3.63, 3.8) is 0 Å². The molecule has 2 heterocycles. The lowest BCUT2D eigenvalue weighted by atomic mass is 10.2. The number of carbonyl (C=O) groups is 1. The smallest absolute Gasteiger partial charge is 0.381 e. The molecule has 0 saturated carbocycles. The Hall–Kier alpha value is -3.47. The molecule has 3 aromatic rings. The molecule has 0 bridgehead atoms. The Labute approximate surface area is 217 Å². The second kappa shape index (κ2) is 11.5. The molecule has 4 rings (SSSR count). The van der Waals surface area contributed by atoms with Gasteiger partial charge in [0.2, 0.25) is 5.95 Å². The van der Waals surface area contributed by atoms with Gasteiger partial charge in [0.25, 0.3) is 5.91 Å². The van der Waals surface area contributed by atoms with Crippen LogP contribution in [0.3, 0.4) is 0 Å². The first kappa shape index (κ1) is 27.6. The largest absolute Gasteiger partial charge is 0.421 e. The van der Waals surface area contributed by atoms with Crippen molar-refractivity contribution in [2.24, 2.45) is 0 Å². The van der Waals surface area contributed by atoms with Crippen molar-refractivity contribution < 1.29 is 32.1 Å². The molecule has 1 aliphatic rings. The molecule has 0 spiro atoms. The zero-order valence-corrected chi connectivity index (χ0v) is 21.6. The Kier molecular flexibility index (Phi) is 8.35. The van der Waals surface area contributed by atoms with Crippen LogP contribution in [0.2, 0.25) is 0 Å². The number of nitrogens with zero attached hydrogens (tertiary/aromatic N) is 2. The van der Waals surface area contributed by atoms with Crippen molar-refractivity contribution in [3.05, 3.63) is 65.9 Å². The van der Waals surface area contributed by atoms with E-state index in [0.717, 1.165) is 0 Å². The Bertz CT molecular complexity index is 1330. The molecule has 0 atom stereocenters. The second-order valence-electron chi connectivity index (χ2n) is 9.01. The van der Waals surface area contributed by atoms with E-state index in [1.807, 2.05) is 0 Å².